The molecule has 1 aromatic heterocycles. The van der Waals surface area contributed by atoms with Crippen LogP contribution in [0.15, 0.2) is 12.3 Å². The van der Waals surface area contributed by atoms with Gasteiger partial charge >= 0.3 is 0 Å². The molecule has 0 bridgehead atoms. The molecular formula is C10H13N5O. The number of nitrogens with one attached hydrogen (secondary N) is 1. The molecule has 84 valence electrons. The van der Waals surface area contributed by atoms with Gasteiger partial charge in [0.2, 0.25) is 0 Å². The Morgan fingerprint density at radius 2 is 2.44 bits per heavy atom. The summed E-state index contributed by atoms with van der Waals surface area (Å²) in [4.78, 5) is 15.1. The Morgan fingerprint density at radius 1 is 1.75 bits per heavy atom. The summed E-state index contributed by atoms with van der Waals surface area (Å²) in [5.41, 5.74) is 11.1. The fraction of sp³-hybridized carbons (Fsp3) is 0.300. The first kappa shape index (κ1) is 11.9. The summed E-state index contributed by atoms with van der Waals surface area (Å²) >= 11 is 0. The SMILES string of the molecule is CC(CN)Nc1ncc(C#N)cc1C(N)=O. The molecule has 0 aliphatic rings. The molecule has 0 saturated carbocycles. The maximum absolute atomic E-state index is 11.2. The summed E-state index contributed by atoms with van der Waals surface area (Å²) < 4.78 is 0. The van der Waals surface area contributed by atoms with Gasteiger partial charge in [0.05, 0.1) is 11.1 Å². The fourth-order valence-corrected chi connectivity index (χ4v) is 1.12. The van der Waals surface area contributed by atoms with Crippen LogP contribution in [0.25, 0.3) is 0 Å². The van der Waals surface area contributed by atoms with Crippen LogP contribution in [0.1, 0.15) is 22.8 Å². The van der Waals surface area contributed by atoms with Crippen molar-refractivity contribution in [3.05, 3.63) is 23.4 Å². The summed E-state index contributed by atoms with van der Waals surface area (Å²) in [6, 6.07) is 3.27. The zero-order valence-corrected chi connectivity index (χ0v) is 8.90. The molecule has 0 fully saturated rings. The number of hydrogen-bond donors (Lipinski definition) is 3. The molecule has 1 heterocycles. The minimum atomic E-state index is -0.628. The summed E-state index contributed by atoms with van der Waals surface area (Å²) in [6.45, 7) is 2.25. The Kier molecular flexibility index (Phi) is 3.80. The van der Waals surface area contributed by atoms with E-state index in [1.54, 1.807) is 0 Å². The van der Waals surface area contributed by atoms with E-state index in [1.165, 1.54) is 12.3 Å². The molecule has 16 heavy (non-hydrogen) atoms. The molecule has 1 rings (SSSR count). The van der Waals surface area contributed by atoms with Gasteiger partial charge in [0, 0.05) is 18.8 Å². The van der Waals surface area contributed by atoms with Crippen molar-refractivity contribution in [1.82, 2.24) is 4.98 Å². The highest BCUT2D eigenvalue weighted by atomic mass is 16.1. The third-order valence-electron chi connectivity index (χ3n) is 2.02. The second kappa shape index (κ2) is 5.09. The average molecular weight is 219 g/mol. The summed E-state index contributed by atoms with van der Waals surface area (Å²) in [5.74, 6) is -0.277. The molecule has 1 atom stereocenters. The Hall–Kier alpha value is -2.13. The number of rotatable bonds is 4. The Labute approximate surface area is 93.3 Å². The van der Waals surface area contributed by atoms with Crippen molar-refractivity contribution in [2.45, 2.75) is 13.0 Å². The molecule has 0 aliphatic carbocycles. The van der Waals surface area contributed by atoms with E-state index in [-0.39, 0.29) is 11.6 Å². The van der Waals surface area contributed by atoms with Crippen LogP contribution in [-0.4, -0.2) is 23.5 Å². The van der Waals surface area contributed by atoms with Crippen molar-refractivity contribution in [3.8, 4) is 6.07 Å². The normalized spacial score (nSPS) is 11.6. The quantitative estimate of drug-likeness (QED) is 0.648. The van der Waals surface area contributed by atoms with E-state index in [1.807, 2.05) is 13.0 Å². The van der Waals surface area contributed by atoms with Crippen LogP contribution in [0, 0.1) is 11.3 Å². The third-order valence-corrected chi connectivity index (χ3v) is 2.02. The Morgan fingerprint density at radius 3 is 2.94 bits per heavy atom. The topological polar surface area (TPSA) is 118 Å². The van der Waals surface area contributed by atoms with E-state index >= 15 is 0 Å². The number of carbonyl (C=O) groups excluding carboxylic acids is 1. The largest absolute Gasteiger partial charge is 0.366 e. The van der Waals surface area contributed by atoms with Gasteiger partial charge < -0.3 is 16.8 Å². The van der Waals surface area contributed by atoms with Gasteiger partial charge in [0.1, 0.15) is 11.9 Å². The molecule has 6 nitrogen and oxygen atoms in total. The van der Waals surface area contributed by atoms with Crippen LogP contribution in [0.5, 0.6) is 0 Å². The maximum Gasteiger partial charge on any atom is 0.252 e. The fourth-order valence-electron chi connectivity index (χ4n) is 1.12. The summed E-state index contributed by atoms with van der Waals surface area (Å²) in [7, 11) is 0. The molecule has 1 unspecified atom stereocenters. The first-order valence-corrected chi connectivity index (χ1v) is 4.75. The summed E-state index contributed by atoms with van der Waals surface area (Å²) in [5, 5.41) is 11.6. The summed E-state index contributed by atoms with van der Waals surface area (Å²) in [6.07, 6.45) is 1.37. The minimum absolute atomic E-state index is 0.0291. The van der Waals surface area contributed by atoms with Gasteiger partial charge in [-0.05, 0) is 13.0 Å². The molecule has 5 N–H and O–H groups in total. The number of primary amides is 1. The lowest BCUT2D eigenvalue weighted by molar-refractivity contribution is 0.100. The molecule has 1 aromatic rings. The lowest BCUT2D eigenvalue weighted by atomic mass is 10.2. The monoisotopic (exact) mass is 219 g/mol. The van der Waals surface area contributed by atoms with Crippen molar-refractivity contribution in [1.29, 1.82) is 5.26 Å². The van der Waals surface area contributed by atoms with Crippen LogP contribution in [0.4, 0.5) is 5.82 Å². The molecule has 0 aromatic carbocycles. The smallest absolute Gasteiger partial charge is 0.252 e. The number of anilines is 1. The van der Waals surface area contributed by atoms with Crippen molar-refractivity contribution < 1.29 is 4.79 Å². The van der Waals surface area contributed by atoms with E-state index in [2.05, 4.69) is 10.3 Å². The van der Waals surface area contributed by atoms with Crippen LogP contribution < -0.4 is 16.8 Å². The first-order valence-electron chi connectivity index (χ1n) is 4.75. The highest BCUT2D eigenvalue weighted by Gasteiger charge is 2.12. The van der Waals surface area contributed by atoms with Crippen molar-refractivity contribution in [3.63, 3.8) is 0 Å². The van der Waals surface area contributed by atoms with Gasteiger partial charge in [-0.25, -0.2) is 4.98 Å². The maximum atomic E-state index is 11.2. The zero-order valence-electron chi connectivity index (χ0n) is 8.90. The zero-order chi connectivity index (χ0) is 12.1. The highest BCUT2D eigenvalue weighted by molar-refractivity contribution is 5.97. The molecule has 6 heteroatoms. The number of pyridine rings is 1. The standard InChI is InChI=1S/C10H13N5O/c1-6(3-11)15-10-8(9(13)16)2-7(4-12)5-14-10/h2,5-6H,3,11H2,1H3,(H2,13,16)(H,14,15). The lowest BCUT2D eigenvalue weighted by Gasteiger charge is -2.14. The van der Waals surface area contributed by atoms with Crippen LogP contribution in [0.3, 0.4) is 0 Å². The third kappa shape index (κ3) is 2.68. The molecule has 0 saturated heterocycles. The van der Waals surface area contributed by atoms with Crippen LogP contribution in [-0.2, 0) is 0 Å². The highest BCUT2D eigenvalue weighted by Crippen LogP contribution is 2.14. The number of nitrogens with zero attached hydrogens (tertiary/aromatic N) is 2. The second-order valence-corrected chi connectivity index (χ2v) is 3.38. The van der Waals surface area contributed by atoms with Gasteiger partial charge in [-0.15, -0.1) is 0 Å². The molecule has 0 aliphatic heterocycles. The Balaban J connectivity index is 3.09. The molecular weight excluding hydrogens is 206 g/mol. The van der Waals surface area contributed by atoms with E-state index in [9.17, 15) is 4.79 Å². The first-order chi connectivity index (χ1) is 7.58. The minimum Gasteiger partial charge on any atom is -0.366 e. The second-order valence-electron chi connectivity index (χ2n) is 3.38. The van der Waals surface area contributed by atoms with Gasteiger partial charge in [-0.2, -0.15) is 5.26 Å². The average Bonchev–Trinajstić information content (AvgIpc) is 2.29. The predicted octanol–water partition coefficient (Wildman–Crippen LogP) is -0.189. The van der Waals surface area contributed by atoms with Crippen molar-refractivity contribution >= 4 is 11.7 Å². The van der Waals surface area contributed by atoms with Gasteiger partial charge in [0.25, 0.3) is 5.91 Å². The van der Waals surface area contributed by atoms with Crippen molar-refractivity contribution in [2.24, 2.45) is 11.5 Å². The number of aromatic nitrogens is 1. The number of nitrogens with two attached hydrogens (primary N) is 2. The van der Waals surface area contributed by atoms with Crippen molar-refractivity contribution in [2.75, 3.05) is 11.9 Å². The van der Waals surface area contributed by atoms with E-state index in [0.717, 1.165) is 0 Å². The molecule has 0 radical (unpaired) electrons. The number of carbonyl (C=O) groups is 1. The molecule has 0 spiro atoms. The number of hydrogen-bond acceptors (Lipinski definition) is 5. The lowest BCUT2D eigenvalue weighted by Crippen LogP contribution is -2.27. The molecule has 1 amide bonds. The van der Waals surface area contributed by atoms with Gasteiger partial charge in [-0.3, -0.25) is 4.79 Å². The number of amides is 1. The van der Waals surface area contributed by atoms with E-state index in [4.69, 9.17) is 16.7 Å². The van der Waals surface area contributed by atoms with E-state index in [0.29, 0.717) is 17.9 Å². The van der Waals surface area contributed by atoms with Crippen LogP contribution in [0.2, 0.25) is 0 Å². The number of nitriles is 1. The Bertz CT molecular complexity index is 437. The van der Waals surface area contributed by atoms with E-state index < -0.39 is 5.91 Å². The van der Waals surface area contributed by atoms with Gasteiger partial charge in [0.15, 0.2) is 0 Å². The van der Waals surface area contributed by atoms with Gasteiger partial charge in [-0.1, -0.05) is 0 Å². The predicted molar refractivity (Wildman–Crippen MR) is 59.6 cm³/mol. The van der Waals surface area contributed by atoms with Crippen LogP contribution >= 0.6 is 0 Å².